The van der Waals surface area contributed by atoms with E-state index in [-0.39, 0.29) is 12.3 Å². The lowest BCUT2D eigenvalue weighted by Crippen LogP contribution is -2.43. The molecule has 0 bridgehead atoms. The minimum Gasteiger partial charge on any atom is -0.350 e. The van der Waals surface area contributed by atoms with Gasteiger partial charge in [-0.2, -0.15) is 8.42 Å². The summed E-state index contributed by atoms with van der Waals surface area (Å²) in [6.45, 7) is 1.88. The maximum atomic E-state index is 11.2. The van der Waals surface area contributed by atoms with Crippen molar-refractivity contribution in [3.63, 3.8) is 0 Å². The summed E-state index contributed by atoms with van der Waals surface area (Å²) in [5, 5.41) is 5.04. The van der Waals surface area contributed by atoms with Crippen molar-refractivity contribution in [1.29, 1.82) is 0 Å². The van der Waals surface area contributed by atoms with Crippen LogP contribution in [0.15, 0.2) is 84.9 Å². The van der Waals surface area contributed by atoms with Gasteiger partial charge in [-0.25, -0.2) is 5.14 Å². The fourth-order valence-corrected chi connectivity index (χ4v) is 4.77. The van der Waals surface area contributed by atoms with Crippen molar-refractivity contribution in [2.45, 2.75) is 38.0 Å². The van der Waals surface area contributed by atoms with E-state index in [1.54, 1.807) is 12.1 Å². The summed E-state index contributed by atoms with van der Waals surface area (Å²) in [6, 6.07) is 28.1. The lowest BCUT2D eigenvalue weighted by atomic mass is 10.0. The largest absolute Gasteiger partial charge is 0.350 e. The summed E-state index contributed by atoms with van der Waals surface area (Å²) in [5.74, 6) is 0. The first-order chi connectivity index (χ1) is 16.0. The number of hydrogen-bond acceptors (Lipinski definition) is 4. The van der Waals surface area contributed by atoms with Crippen LogP contribution in [0.4, 0.5) is 5.69 Å². The Labute approximate surface area is 196 Å². The number of ether oxygens (including phenoxy) is 1. The van der Waals surface area contributed by atoms with Crippen molar-refractivity contribution in [3.8, 4) is 0 Å². The van der Waals surface area contributed by atoms with Crippen molar-refractivity contribution in [2.24, 2.45) is 5.14 Å². The number of anilines is 1. The Morgan fingerprint density at radius 1 is 0.909 bits per heavy atom. The van der Waals surface area contributed by atoms with E-state index in [9.17, 15) is 8.42 Å². The maximum Gasteiger partial charge on any atom is 0.296 e. The molecule has 3 aromatic rings. The SMILES string of the molecule is NS(=O)(=O)Nc1ccc(CCN2CCCCC2OC(c2ccccc2)c2ccccc2)cc1. The van der Waals surface area contributed by atoms with E-state index in [2.05, 4.69) is 58.2 Å². The van der Waals surface area contributed by atoms with Crippen molar-refractivity contribution in [1.82, 2.24) is 4.90 Å². The smallest absolute Gasteiger partial charge is 0.296 e. The minimum atomic E-state index is -3.76. The summed E-state index contributed by atoms with van der Waals surface area (Å²) < 4.78 is 31.5. The number of likely N-dealkylation sites (tertiary alicyclic amines) is 1. The first-order valence-electron chi connectivity index (χ1n) is 11.4. The lowest BCUT2D eigenvalue weighted by Gasteiger charge is -2.38. The molecule has 0 spiro atoms. The van der Waals surface area contributed by atoms with Crippen LogP contribution in [0.2, 0.25) is 0 Å². The van der Waals surface area contributed by atoms with E-state index in [1.807, 2.05) is 24.3 Å². The van der Waals surface area contributed by atoms with Crippen molar-refractivity contribution < 1.29 is 13.2 Å². The normalized spacial score (nSPS) is 17.2. The van der Waals surface area contributed by atoms with Gasteiger partial charge in [-0.3, -0.25) is 9.62 Å². The fourth-order valence-electron chi connectivity index (χ4n) is 4.31. The lowest BCUT2D eigenvalue weighted by molar-refractivity contribution is -0.105. The summed E-state index contributed by atoms with van der Waals surface area (Å²) >= 11 is 0. The van der Waals surface area contributed by atoms with Crippen LogP contribution in [0.25, 0.3) is 0 Å². The third-order valence-corrected chi connectivity index (χ3v) is 6.47. The molecular weight excluding hydrogens is 434 g/mol. The molecule has 3 N–H and O–H groups in total. The Kier molecular flexibility index (Phi) is 7.77. The van der Waals surface area contributed by atoms with Crippen LogP contribution in [0.5, 0.6) is 0 Å². The second-order valence-electron chi connectivity index (χ2n) is 8.42. The van der Waals surface area contributed by atoms with Crippen molar-refractivity contribution >= 4 is 15.9 Å². The molecule has 1 fully saturated rings. The third kappa shape index (κ3) is 6.88. The highest BCUT2D eigenvalue weighted by molar-refractivity contribution is 7.90. The monoisotopic (exact) mass is 465 g/mol. The summed E-state index contributed by atoms with van der Waals surface area (Å²) in [5.41, 5.74) is 3.93. The van der Waals surface area contributed by atoms with Gasteiger partial charge in [0.25, 0.3) is 10.2 Å². The van der Waals surface area contributed by atoms with Crippen LogP contribution < -0.4 is 9.86 Å². The quantitative estimate of drug-likeness (QED) is 0.489. The van der Waals surface area contributed by atoms with Crippen LogP contribution in [0, 0.1) is 0 Å². The van der Waals surface area contributed by atoms with Gasteiger partial charge in [0.05, 0.1) is 0 Å². The van der Waals surface area contributed by atoms with Crippen LogP contribution in [0.1, 0.15) is 42.1 Å². The topological polar surface area (TPSA) is 84.7 Å². The van der Waals surface area contributed by atoms with Gasteiger partial charge >= 0.3 is 0 Å². The number of benzene rings is 3. The molecule has 0 aliphatic carbocycles. The Bertz CT molecular complexity index is 1070. The van der Waals surface area contributed by atoms with Gasteiger partial charge in [0.1, 0.15) is 12.3 Å². The first-order valence-corrected chi connectivity index (χ1v) is 12.9. The molecule has 1 aliphatic heterocycles. The predicted molar refractivity (Wildman–Crippen MR) is 132 cm³/mol. The van der Waals surface area contributed by atoms with Gasteiger partial charge in [0.2, 0.25) is 0 Å². The third-order valence-electron chi connectivity index (χ3n) is 5.95. The molecule has 1 unspecified atom stereocenters. The molecule has 7 heteroatoms. The van der Waals surface area contributed by atoms with E-state index in [1.165, 1.54) is 6.42 Å². The molecule has 6 nitrogen and oxygen atoms in total. The van der Waals surface area contributed by atoms with E-state index in [0.717, 1.165) is 49.0 Å². The predicted octanol–water partition coefficient (Wildman–Crippen LogP) is 4.46. The average molecular weight is 466 g/mol. The average Bonchev–Trinajstić information content (AvgIpc) is 2.83. The number of hydrogen-bond donors (Lipinski definition) is 2. The van der Waals surface area contributed by atoms with E-state index >= 15 is 0 Å². The van der Waals surface area contributed by atoms with E-state index in [0.29, 0.717) is 5.69 Å². The Hall–Kier alpha value is -2.71. The Morgan fingerprint density at radius 2 is 1.52 bits per heavy atom. The molecule has 0 amide bonds. The van der Waals surface area contributed by atoms with Crippen LogP contribution in [-0.2, 0) is 21.4 Å². The van der Waals surface area contributed by atoms with Gasteiger partial charge in [0, 0.05) is 18.8 Å². The number of rotatable bonds is 9. The molecular formula is C26H31N3O3S. The van der Waals surface area contributed by atoms with Gasteiger partial charge in [0.15, 0.2) is 0 Å². The van der Waals surface area contributed by atoms with Gasteiger partial charge in [-0.15, -0.1) is 0 Å². The zero-order valence-corrected chi connectivity index (χ0v) is 19.5. The summed E-state index contributed by atoms with van der Waals surface area (Å²) in [7, 11) is -3.76. The molecule has 1 aliphatic rings. The highest BCUT2D eigenvalue weighted by Crippen LogP contribution is 2.31. The standard InChI is InChI=1S/C26H31N3O3S/c27-33(30,31)28-24-16-14-21(15-17-24)18-20-29-19-8-7-13-25(29)32-26(22-9-3-1-4-10-22)23-11-5-2-6-12-23/h1-6,9-12,14-17,25-26,28H,7-8,13,18-20H2,(H2,27,30,31). The number of piperidine rings is 1. The second-order valence-corrected chi connectivity index (χ2v) is 9.71. The fraction of sp³-hybridized carbons (Fsp3) is 0.308. The minimum absolute atomic E-state index is 0.0486. The van der Waals surface area contributed by atoms with Crippen LogP contribution >= 0.6 is 0 Å². The van der Waals surface area contributed by atoms with Crippen molar-refractivity contribution in [2.75, 3.05) is 17.8 Å². The molecule has 174 valence electrons. The van der Waals surface area contributed by atoms with Crippen LogP contribution in [-0.4, -0.2) is 32.6 Å². The first kappa shape index (κ1) is 23.4. The van der Waals surface area contributed by atoms with E-state index in [4.69, 9.17) is 9.88 Å². The highest BCUT2D eigenvalue weighted by atomic mass is 32.2. The molecule has 3 aromatic carbocycles. The Morgan fingerprint density at radius 3 is 2.09 bits per heavy atom. The Balaban J connectivity index is 1.44. The molecule has 33 heavy (non-hydrogen) atoms. The maximum absolute atomic E-state index is 11.2. The highest BCUT2D eigenvalue weighted by Gasteiger charge is 2.27. The van der Waals surface area contributed by atoms with E-state index < -0.39 is 10.2 Å². The van der Waals surface area contributed by atoms with Gasteiger partial charge in [-0.05, 0) is 54.5 Å². The van der Waals surface area contributed by atoms with Crippen LogP contribution in [0.3, 0.4) is 0 Å². The van der Waals surface area contributed by atoms with Gasteiger partial charge in [-0.1, -0.05) is 72.8 Å². The number of nitrogens with zero attached hydrogens (tertiary/aromatic N) is 1. The molecule has 0 saturated carbocycles. The molecule has 0 aromatic heterocycles. The number of nitrogens with one attached hydrogen (secondary N) is 1. The van der Waals surface area contributed by atoms with Gasteiger partial charge < -0.3 is 4.74 Å². The molecule has 0 radical (unpaired) electrons. The second kappa shape index (κ2) is 10.9. The summed E-state index contributed by atoms with van der Waals surface area (Å²) in [6.07, 6.45) is 4.13. The molecule has 1 saturated heterocycles. The zero-order valence-electron chi connectivity index (χ0n) is 18.6. The van der Waals surface area contributed by atoms with Crippen molar-refractivity contribution in [3.05, 3.63) is 102 Å². The molecule has 1 heterocycles. The molecule has 4 rings (SSSR count). The molecule has 1 atom stereocenters. The summed E-state index contributed by atoms with van der Waals surface area (Å²) in [4.78, 5) is 2.43. The zero-order chi connectivity index (χ0) is 23.1. The number of nitrogens with two attached hydrogens (primary N) is 1.